The minimum absolute atomic E-state index is 0.850. The topological polar surface area (TPSA) is 26.3 Å². The molecule has 0 aliphatic heterocycles. The van der Waals surface area contributed by atoms with E-state index >= 15 is 0 Å². The normalized spacial score (nSPS) is 12.1. The van der Waals surface area contributed by atoms with Gasteiger partial charge in [0.05, 0.1) is 0 Å². The van der Waals surface area contributed by atoms with Crippen LogP contribution in [0, 0.1) is 0 Å². The molecule has 0 saturated carbocycles. The quantitative estimate of drug-likeness (QED) is 0.271. The molecule has 0 bridgehead atoms. The van der Waals surface area contributed by atoms with Gasteiger partial charge in [-0.05, 0) is 69.4 Å². The molecule has 2 heteroatoms. The second-order valence-electron chi connectivity index (χ2n) is 8.95. The summed E-state index contributed by atoms with van der Waals surface area (Å²) in [7, 11) is 0. The molecule has 0 amide bonds. The Morgan fingerprint density at radius 2 is 0.824 bits per heavy atom. The van der Waals surface area contributed by atoms with Gasteiger partial charge in [-0.25, -0.2) is 0 Å². The van der Waals surface area contributed by atoms with Crippen LogP contribution in [-0.2, 0) is 0 Å². The highest BCUT2D eigenvalue weighted by molar-refractivity contribution is 6.16. The zero-order chi connectivity index (χ0) is 22.2. The Hall–Kier alpha value is -4.56. The summed E-state index contributed by atoms with van der Waals surface area (Å²) in [6.45, 7) is 0. The summed E-state index contributed by atoms with van der Waals surface area (Å²) in [6.07, 6.45) is 0. The number of fused-ring (bicyclic) bond motifs is 5. The van der Waals surface area contributed by atoms with E-state index in [4.69, 9.17) is 8.83 Å². The Kier molecular flexibility index (Phi) is 3.42. The Morgan fingerprint density at radius 1 is 0.353 bits per heavy atom. The predicted molar refractivity (Wildman–Crippen MR) is 139 cm³/mol. The van der Waals surface area contributed by atoms with Gasteiger partial charge in [0, 0.05) is 21.9 Å². The van der Waals surface area contributed by atoms with Gasteiger partial charge < -0.3 is 8.83 Å². The van der Waals surface area contributed by atoms with E-state index in [9.17, 15) is 0 Å². The maximum absolute atomic E-state index is 6.36. The van der Waals surface area contributed by atoms with Gasteiger partial charge in [0.1, 0.15) is 22.7 Å². The molecule has 1 aliphatic carbocycles. The molecule has 7 aromatic rings. The van der Waals surface area contributed by atoms with Gasteiger partial charge in [-0.3, -0.25) is 0 Å². The zero-order valence-electron chi connectivity index (χ0n) is 18.2. The van der Waals surface area contributed by atoms with E-state index in [1.807, 2.05) is 36.4 Å². The lowest BCUT2D eigenvalue weighted by Gasteiger charge is -2.11. The second kappa shape index (κ2) is 6.49. The van der Waals surface area contributed by atoms with Crippen LogP contribution in [0.3, 0.4) is 0 Å². The number of hydrogen-bond donors (Lipinski definition) is 0. The van der Waals surface area contributed by atoms with E-state index in [0.717, 1.165) is 44.6 Å². The van der Waals surface area contributed by atoms with Gasteiger partial charge in [0.15, 0.2) is 0 Å². The minimum Gasteiger partial charge on any atom is -0.456 e. The summed E-state index contributed by atoms with van der Waals surface area (Å²) in [5, 5.41) is 4.77. The van der Waals surface area contributed by atoms with Crippen molar-refractivity contribution < 1.29 is 8.83 Å². The molecule has 0 saturated heterocycles. The maximum Gasteiger partial charge on any atom is 0.136 e. The SMILES string of the molecule is c1ccc2oc(-c3cc4c(cc3-c3cc5ccccc5o3)-c3cccc5cccc-4c35)cc2c1. The number of benzene rings is 5. The van der Waals surface area contributed by atoms with Crippen LogP contribution in [0.15, 0.2) is 118 Å². The molecule has 0 fully saturated rings. The van der Waals surface area contributed by atoms with Gasteiger partial charge in [-0.1, -0.05) is 72.8 Å². The van der Waals surface area contributed by atoms with Crippen LogP contribution in [0.5, 0.6) is 0 Å². The molecule has 0 N–H and O–H groups in total. The van der Waals surface area contributed by atoms with Crippen LogP contribution in [0.25, 0.3) is 77.6 Å². The predicted octanol–water partition coefficient (Wildman–Crippen LogP) is 9.31. The average molecular weight is 434 g/mol. The maximum atomic E-state index is 6.36. The Balaban J connectivity index is 1.47. The molecule has 2 aromatic heterocycles. The Bertz CT molecular complexity index is 1710. The second-order valence-corrected chi connectivity index (χ2v) is 8.95. The van der Waals surface area contributed by atoms with Gasteiger partial charge in [-0.15, -0.1) is 0 Å². The van der Waals surface area contributed by atoms with Crippen molar-refractivity contribution in [3.63, 3.8) is 0 Å². The van der Waals surface area contributed by atoms with E-state index < -0.39 is 0 Å². The van der Waals surface area contributed by atoms with Crippen molar-refractivity contribution in [1.29, 1.82) is 0 Å². The highest BCUT2D eigenvalue weighted by Gasteiger charge is 2.25. The van der Waals surface area contributed by atoms with Crippen molar-refractivity contribution in [2.75, 3.05) is 0 Å². The Morgan fingerprint density at radius 3 is 1.32 bits per heavy atom. The smallest absolute Gasteiger partial charge is 0.136 e. The molecule has 5 aromatic carbocycles. The first kappa shape index (κ1) is 17.9. The van der Waals surface area contributed by atoms with Crippen LogP contribution in [0.1, 0.15) is 0 Å². The lowest BCUT2D eigenvalue weighted by Crippen LogP contribution is -1.86. The third-order valence-electron chi connectivity index (χ3n) is 7.02. The van der Waals surface area contributed by atoms with Crippen LogP contribution >= 0.6 is 0 Å². The van der Waals surface area contributed by atoms with E-state index in [-0.39, 0.29) is 0 Å². The van der Waals surface area contributed by atoms with Crippen molar-refractivity contribution in [3.05, 3.63) is 109 Å². The highest BCUT2D eigenvalue weighted by atomic mass is 16.3. The molecular weight excluding hydrogens is 416 g/mol. The average Bonchev–Trinajstić information content (AvgIpc) is 3.58. The number of hydrogen-bond acceptors (Lipinski definition) is 2. The van der Waals surface area contributed by atoms with Crippen molar-refractivity contribution in [2.45, 2.75) is 0 Å². The summed E-state index contributed by atoms with van der Waals surface area (Å²) in [6, 6.07) is 38.3. The van der Waals surface area contributed by atoms with Gasteiger partial charge in [0.2, 0.25) is 0 Å². The first-order valence-corrected chi connectivity index (χ1v) is 11.5. The van der Waals surface area contributed by atoms with Crippen molar-refractivity contribution in [1.82, 2.24) is 0 Å². The van der Waals surface area contributed by atoms with Gasteiger partial charge in [-0.2, -0.15) is 0 Å². The van der Waals surface area contributed by atoms with Crippen LogP contribution < -0.4 is 0 Å². The third kappa shape index (κ3) is 2.40. The van der Waals surface area contributed by atoms with E-state index in [0.29, 0.717) is 0 Å². The third-order valence-corrected chi connectivity index (χ3v) is 7.02. The molecule has 2 heterocycles. The molecule has 2 nitrogen and oxygen atoms in total. The summed E-state index contributed by atoms with van der Waals surface area (Å²) in [4.78, 5) is 0. The number of para-hydroxylation sites is 2. The summed E-state index contributed by atoms with van der Waals surface area (Å²) >= 11 is 0. The summed E-state index contributed by atoms with van der Waals surface area (Å²) in [5.41, 5.74) is 8.88. The highest BCUT2D eigenvalue weighted by Crippen LogP contribution is 2.51. The standard InChI is InChI=1S/C32H18O2/c1-3-13-28-20(7-1)15-30(33-28)26-17-24-22-11-5-9-19-10-6-12-23(32(19)22)25(24)18-27(26)31-16-21-8-2-4-14-29(21)34-31/h1-18H. The molecule has 1 aliphatic rings. The molecular formula is C32H18O2. The molecule has 0 radical (unpaired) electrons. The largest absolute Gasteiger partial charge is 0.456 e. The van der Waals surface area contributed by atoms with E-state index in [2.05, 4.69) is 72.8 Å². The molecule has 0 atom stereocenters. The van der Waals surface area contributed by atoms with Crippen molar-refractivity contribution in [3.8, 4) is 44.9 Å². The molecule has 8 rings (SSSR count). The lowest BCUT2D eigenvalue weighted by atomic mass is 9.94. The fourth-order valence-corrected chi connectivity index (χ4v) is 5.47. The molecule has 0 spiro atoms. The van der Waals surface area contributed by atoms with Gasteiger partial charge >= 0.3 is 0 Å². The summed E-state index contributed by atoms with van der Waals surface area (Å²) in [5.74, 6) is 1.70. The number of furan rings is 2. The van der Waals surface area contributed by atoms with E-state index in [1.54, 1.807) is 0 Å². The molecule has 34 heavy (non-hydrogen) atoms. The van der Waals surface area contributed by atoms with Crippen molar-refractivity contribution >= 4 is 32.7 Å². The molecule has 158 valence electrons. The Labute approximate surface area is 195 Å². The van der Waals surface area contributed by atoms with Crippen LogP contribution in [0.2, 0.25) is 0 Å². The zero-order valence-corrected chi connectivity index (χ0v) is 18.2. The minimum atomic E-state index is 0.850. The van der Waals surface area contributed by atoms with E-state index in [1.165, 1.54) is 33.0 Å². The van der Waals surface area contributed by atoms with Crippen molar-refractivity contribution in [2.24, 2.45) is 0 Å². The molecule has 0 unspecified atom stereocenters. The van der Waals surface area contributed by atoms with Crippen LogP contribution in [-0.4, -0.2) is 0 Å². The fraction of sp³-hybridized carbons (Fsp3) is 0. The number of rotatable bonds is 2. The first-order valence-electron chi connectivity index (χ1n) is 11.5. The fourth-order valence-electron chi connectivity index (χ4n) is 5.47. The monoisotopic (exact) mass is 434 g/mol. The lowest BCUT2D eigenvalue weighted by molar-refractivity contribution is 0.624. The summed E-state index contributed by atoms with van der Waals surface area (Å²) < 4.78 is 12.7. The van der Waals surface area contributed by atoms with Crippen LogP contribution in [0.4, 0.5) is 0 Å². The first-order chi connectivity index (χ1) is 16.8. The van der Waals surface area contributed by atoms with Gasteiger partial charge in [0.25, 0.3) is 0 Å².